The molecule has 0 saturated heterocycles. The summed E-state index contributed by atoms with van der Waals surface area (Å²) in [6.07, 6.45) is 12.9. The standard InChI is InChI=1S/C16H32N2/c1-16(13-17,11-14-9-6-10-14)18(2)12-15-7-4-3-5-8-15/h14-15H,3-13,17H2,1-2H3. The Balaban J connectivity index is 1.84. The van der Waals surface area contributed by atoms with Crippen LogP contribution in [0.15, 0.2) is 0 Å². The molecule has 0 amide bonds. The SMILES string of the molecule is CN(CC1CCCCC1)C(C)(CN)CC1CCC1. The highest BCUT2D eigenvalue weighted by atomic mass is 15.2. The van der Waals surface area contributed by atoms with E-state index in [1.165, 1.54) is 64.3 Å². The molecule has 2 nitrogen and oxygen atoms in total. The van der Waals surface area contributed by atoms with Gasteiger partial charge in [-0.3, -0.25) is 4.90 Å². The molecule has 0 radical (unpaired) electrons. The van der Waals surface area contributed by atoms with Crippen molar-refractivity contribution in [3.8, 4) is 0 Å². The van der Waals surface area contributed by atoms with Crippen LogP contribution in [-0.4, -0.2) is 30.6 Å². The lowest BCUT2D eigenvalue weighted by Crippen LogP contribution is -2.52. The molecule has 18 heavy (non-hydrogen) atoms. The molecule has 2 aliphatic rings. The first-order valence-corrected chi connectivity index (χ1v) is 8.05. The van der Waals surface area contributed by atoms with E-state index >= 15 is 0 Å². The number of hydrogen-bond donors (Lipinski definition) is 1. The van der Waals surface area contributed by atoms with Gasteiger partial charge in [0, 0.05) is 18.6 Å². The fourth-order valence-corrected chi connectivity index (χ4v) is 3.69. The fraction of sp³-hybridized carbons (Fsp3) is 1.00. The average molecular weight is 252 g/mol. The van der Waals surface area contributed by atoms with Gasteiger partial charge in [0.15, 0.2) is 0 Å². The van der Waals surface area contributed by atoms with Crippen molar-refractivity contribution in [2.24, 2.45) is 17.6 Å². The number of nitrogens with zero attached hydrogens (tertiary/aromatic N) is 1. The molecule has 0 aromatic rings. The lowest BCUT2D eigenvalue weighted by Gasteiger charge is -2.44. The zero-order valence-electron chi connectivity index (χ0n) is 12.5. The largest absolute Gasteiger partial charge is 0.329 e. The molecule has 0 aromatic carbocycles. The van der Waals surface area contributed by atoms with Crippen LogP contribution in [0.2, 0.25) is 0 Å². The van der Waals surface area contributed by atoms with Crippen LogP contribution in [0.25, 0.3) is 0 Å². The maximum atomic E-state index is 6.10. The fourth-order valence-electron chi connectivity index (χ4n) is 3.69. The maximum Gasteiger partial charge on any atom is 0.0303 e. The summed E-state index contributed by atoms with van der Waals surface area (Å²) < 4.78 is 0. The predicted octanol–water partition coefficient (Wildman–Crippen LogP) is 3.41. The van der Waals surface area contributed by atoms with Crippen molar-refractivity contribution < 1.29 is 0 Å². The first-order chi connectivity index (χ1) is 8.64. The molecule has 0 heterocycles. The van der Waals surface area contributed by atoms with Crippen LogP contribution in [0.3, 0.4) is 0 Å². The summed E-state index contributed by atoms with van der Waals surface area (Å²) in [5, 5.41) is 0. The quantitative estimate of drug-likeness (QED) is 0.785. The number of hydrogen-bond acceptors (Lipinski definition) is 2. The Morgan fingerprint density at radius 1 is 1.00 bits per heavy atom. The molecule has 0 aromatic heterocycles. The van der Waals surface area contributed by atoms with Crippen LogP contribution in [0.5, 0.6) is 0 Å². The van der Waals surface area contributed by atoms with Crippen molar-refractivity contribution in [1.82, 2.24) is 4.90 Å². The average Bonchev–Trinajstić information content (AvgIpc) is 2.35. The highest BCUT2D eigenvalue weighted by Crippen LogP contribution is 2.36. The Morgan fingerprint density at radius 3 is 2.11 bits per heavy atom. The molecular weight excluding hydrogens is 220 g/mol. The molecule has 2 aliphatic carbocycles. The van der Waals surface area contributed by atoms with Crippen LogP contribution >= 0.6 is 0 Å². The predicted molar refractivity (Wildman–Crippen MR) is 78.6 cm³/mol. The Hall–Kier alpha value is -0.0800. The van der Waals surface area contributed by atoms with Crippen LogP contribution in [0.4, 0.5) is 0 Å². The highest BCUT2D eigenvalue weighted by molar-refractivity contribution is 4.91. The molecular formula is C16H32N2. The second-order valence-electron chi connectivity index (χ2n) is 7.09. The first kappa shape index (κ1) is 14.3. The molecule has 2 rings (SSSR count). The first-order valence-electron chi connectivity index (χ1n) is 8.05. The molecule has 0 spiro atoms. The summed E-state index contributed by atoms with van der Waals surface area (Å²) in [5.74, 6) is 1.88. The molecule has 1 unspecified atom stereocenters. The van der Waals surface area contributed by atoms with Gasteiger partial charge in [0.2, 0.25) is 0 Å². The van der Waals surface area contributed by atoms with Crippen molar-refractivity contribution in [1.29, 1.82) is 0 Å². The van der Waals surface area contributed by atoms with Crippen molar-refractivity contribution in [2.75, 3.05) is 20.1 Å². The molecule has 1 atom stereocenters. The van der Waals surface area contributed by atoms with E-state index in [0.717, 1.165) is 18.4 Å². The van der Waals surface area contributed by atoms with Crippen LogP contribution in [-0.2, 0) is 0 Å². The van der Waals surface area contributed by atoms with E-state index in [0.29, 0.717) is 0 Å². The van der Waals surface area contributed by atoms with Gasteiger partial charge in [-0.05, 0) is 45.1 Å². The Labute approximate surface area is 113 Å². The Kier molecular flexibility index (Phi) is 5.08. The minimum Gasteiger partial charge on any atom is -0.329 e. The van der Waals surface area contributed by atoms with Crippen molar-refractivity contribution >= 4 is 0 Å². The summed E-state index contributed by atoms with van der Waals surface area (Å²) in [6.45, 7) is 4.46. The third kappa shape index (κ3) is 3.48. The van der Waals surface area contributed by atoms with E-state index < -0.39 is 0 Å². The summed E-state index contributed by atoms with van der Waals surface area (Å²) in [4.78, 5) is 2.58. The summed E-state index contributed by atoms with van der Waals surface area (Å²) in [6, 6.07) is 0. The normalized spacial score (nSPS) is 26.0. The third-order valence-corrected chi connectivity index (χ3v) is 5.57. The van der Waals surface area contributed by atoms with E-state index in [1.54, 1.807) is 0 Å². The lowest BCUT2D eigenvalue weighted by atomic mass is 9.75. The third-order valence-electron chi connectivity index (χ3n) is 5.57. The van der Waals surface area contributed by atoms with Crippen molar-refractivity contribution in [2.45, 2.75) is 70.3 Å². The van der Waals surface area contributed by atoms with Crippen LogP contribution in [0.1, 0.15) is 64.7 Å². The zero-order valence-corrected chi connectivity index (χ0v) is 12.5. The van der Waals surface area contributed by atoms with E-state index in [-0.39, 0.29) is 5.54 Å². The monoisotopic (exact) mass is 252 g/mol. The molecule has 106 valence electrons. The van der Waals surface area contributed by atoms with Gasteiger partial charge in [-0.15, -0.1) is 0 Å². The lowest BCUT2D eigenvalue weighted by molar-refractivity contribution is 0.0711. The van der Waals surface area contributed by atoms with Gasteiger partial charge < -0.3 is 5.73 Å². The number of nitrogens with two attached hydrogens (primary N) is 1. The molecule has 2 fully saturated rings. The van der Waals surface area contributed by atoms with Gasteiger partial charge in [0.1, 0.15) is 0 Å². The van der Waals surface area contributed by atoms with E-state index in [1.807, 2.05) is 0 Å². The molecule has 2 heteroatoms. The van der Waals surface area contributed by atoms with Crippen LogP contribution in [0, 0.1) is 11.8 Å². The smallest absolute Gasteiger partial charge is 0.0303 e. The van der Waals surface area contributed by atoms with Gasteiger partial charge in [0.05, 0.1) is 0 Å². The van der Waals surface area contributed by atoms with Gasteiger partial charge in [-0.25, -0.2) is 0 Å². The van der Waals surface area contributed by atoms with E-state index in [2.05, 4.69) is 18.9 Å². The summed E-state index contributed by atoms with van der Waals surface area (Å²) in [7, 11) is 2.31. The molecule has 2 N–H and O–H groups in total. The molecule has 0 bridgehead atoms. The second-order valence-corrected chi connectivity index (χ2v) is 7.09. The van der Waals surface area contributed by atoms with Gasteiger partial charge >= 0.3 is 0 Å². The van der Waals surface area contributed by atoms with Crippen molar-refractivity contribution in [3.05, 3.63) is 0 Å². The Bertz CT molecular complexity index is 243. The number of rotatable bonds is 6. The van der Waals surface area contributed by atoms with Gasteiger partial charge in [-0.2, -0.15) is 0 Å². The van der Waals surface area contributed by atoms with Gasteiger partial charge in [-0.1, -0.05) is 38.5 Å². The van der Waals surface area contributed by atoms with E-state index in [9.17, 15) is 0 Å². The minimum atomic E-state index is 0.239. The second kappa shape index (κ2) is 6.38. The summed E-state index contributed by atoms with van der Waals surface area (Å²) >= 11 is 0. The minimum absolute atomic E-state index is 0.239. The zero-order chi connectivity index (χ0) is 13.0. The van der Waals surface area contributed by atoms with Crippen LogP contribution < -0.4 is 5.73 Å². The summed E-state index contributed by atoms with van der Waals surface area (Å²) in [5.41, 5.74) is 6.34. The molecule has 0 aliphatic heterocycles. The number of likely N-dealkylation sites (N-methyl/N-ethyl adjacent to an activating group) is 1. The van der Waals surface area contributed by atoms with E-state index in [4.69, 9.17) is 5.73 Å². The maximum absolute atomic E-state index is 6.10. The van der Waals surface area contributed by atoms with Gasteiger partial charge in [0.25, 0.3) is 0 Å². The van der Waals surface area contributed by atoms with Crippen molar-refractivity contribution in [3.63, 3.8) is 0 Å². The topological polar surface area (TPSA) is 29.3 Å². The Morgan fingerprint density at radius 2 is 1.61 bits per heavy atom. The highest BCUT2D eigenvalue weighted by Gasteiger charge is 2.34. The molecule has 2 saturated carbocycles.